The van der Waals surface area contributed by atoms with Gasteiger partial charge in [-0.2, -0.15) is 0 Å². The lowest BCUT2D eigenvalue weighted by molar-refractivity contribution is 0.0985. The average Bonchev–Trinajstić information content (AvgIpc) is 2.79. The van der Waals surface area contributed by atoms with Crippen LogP contribution in [0.3, 0.4) is 0 Å². The third-order valence-electron chi connectivity index (χ3n) is 6.65. The van der Waals surface area contributed by atoms with Gasteiger partial charge >= 0.3 is 0 Å². The molecule has 9 heteroatoms. The van der Waals surface area contributed by atoms with E-state index in [1.54, 1.807) is 24.3 Å². The maximum atomic E-state index is 13.8. The number of hydrogen-bond acceptors (Lipinski definition) is 8. The SMILES string of the molecule is C[C@H]1COCCN1c1cc(C2(S(=O)(=O)c3ccncc3)CCC2)nc(-c2ccc(N)cc2)n1. The maximum Gasteiger partial charge on any atom is 0.189 e. The van der Waals surface area contributed by atoms with Crippen molar-refractivity contribution in [2.45, 2.75) is 41.9 Å². The predicted molar refractivity (Wildman–Crippen MR) is 126 cm³/mol. The van der Waals surface area contributed by atoms with Crippen LogP contribution in [0.15, 0.2) is 59.8 Å². The van der Waals surface area contributed by atoms with Crippen molar-refractivity contribution in [3.05, 3.63) is 60.6 Å². The zero-order chi connectivity index (χ0) is 23.1. The van der Waals surface area contributed by atoms with Crippen LogP contribution in [-0.4, -0.2) is 49.2 Å². The van der Waals surface area contributed by atoms with E-state index in [1.165, 1.54) is 12.4 Å². The van der Waals surface area contributed by atoms with Crippen molar-refractivity contribution in [2.75, 3.05) is 30.4 Å². The highest BCUT2D eigenvalue weighted by atomic mass is 32.2. The number of nitrogens with two attached hydrogens (primary N) is 1. The Morgan fingerprint density at radius 3 is 2.45 bits per heavy atom. The van der Waals surface area contributed by atoms with Crippen molar-refractivity contribution in [1.82, 2.24) is 15.0 Å². The third kappa shape index (κ3) is 3.75. The summed E-state index contributed by atoms with van der Waals surface area (Å²) in [6, 6.07) is 12.4. The standard InChI is InChI=1S/C24H27N5O3S/c1-17-16-32-14-13-29(17)22-15-21(27-23(28-22)18-3-5-19(25)6-4-18)24(9-2-10-24)33(30,31)20-7-11-26-12-8-20/h3-8,11-12,15,17H,2,9-10,13-14,16,25H2,1H3/t17-/m0/s1. The van der Waals surface area contributed by atoms with Gasteiger partial charge in [-0.05, 0) is 62.6 Å². The second-order valence-corrected chi connectivity index (χ2v) is 11.0. The van der Waals surface area contributed by atoms with Crippen molar-refractivity contribution >= 4 is 21.3 Å². The number of rotatable bonds is 5. The van der Waals surface area contributed by atoms with E-state index in [1.807, 2.05) is 18.2 Å². The number of morpholine rings is 1. The summed E-state index contributed by atoms with van der Waals surface area (Å²) in [7, 11) is -3.68. The molecule has 2 aromatic heterocycles. The average molecular weight is 466 g/mol. The van der Waals surface area contributed by atoms with Gasteiger partial charge in [0.2, 0.25) is 0 Å². The smallest absolute Gasteiger partial charge is 0.189 e. The molecule has 3 aromatic rings. The van der Waals surface area contributed by atoms with Crippen molar-refractivity contribution < 1.29 is 13.2 Å². The Kier molecular flexibility index (Phi) is 5.54. The van der Waals surface area contributed by atoms with Gasteiger partial charge in [-0.15, -0.1) is 0 Å². The van der Waals surface area contributed by atoms with Gasteiger partial charge in [0.15, 0.2) is 15.7 Å². The van der Waals surface area contributed by atoms with Gasteiger partial charge in [0.05, 0.1) is 29.8 Å². The highest BCUT2D eigenvalue weighted by Gasteiger charge is 2.52. The van der Waals surface area contributed by atoms with Gasteiger partial charge in [0, 0.05) is 36.3 Å². The lowest BCUT2D eigenvalue weighted by atomic mass is 9.81. The summed E-state index contributed by atoms with van der Waals surface area (Å²) in [4.78, 5) is 16.1. The maximum absolute atomic E-state index is 13.8. The number of nitrogens with zero attached hydrogens (tertiary/aromatic N) is 4. The Morgan fingerprint density at radius 2 is 1.82 bits per heavy atom. The van der Waals surface area contributed by atoms with E-state index in [0.717, 1.165) is 17.8 Å². The minimum absolute atomic E-state index is 0.120. The van der Waals surface area contributed by atoms with Gasteiger partial charge in [-0.3, -0.25) is 4.98 Å². The lowest BCUT2D eigenvalue weighted by Crippen LogP contribution is -2.46. The monoisotopic (exact) mass is 465 g/mol. The van der Waals surface area contributed by atoms with E-state index in [0.29, 0.717) is 49.8 Å². The molecule has 2 aliphatic rings. The zero-order valence-electron chi connectivity index (χ0n) is 18.5. The Labute approximate surface area is 193 Å². The molecule has 1 atom stereocenters. The van der Waals surface area contributed by atoms with E-state index in [4.69, 9.17) is 20.4 Å². The molecule has 2 fully saturated rings. The van der Waals surface area contributed by atoms with E-state index in [-0.39, 0.29) is 10.9 Å². The first-order chi connectivity index (χ1) is 15.9. The minimum atomic E-state index is -3.68. The summed E-state index contributed by atoms with van der Waals surface area (Å²) < 4.78 is 32.2. The molecule has 1 saturated heterocycles. The topological polar surface area (TPSA) is 111 Å². The van der Waals surface area contributed by atoms with Crippen LogP contribution >= 0.6 is 0 Å². The highest BCUT2D eigenvalue weighted by molar-refractivity contribution is 7.92. The first-order valence-corrected chi connectivity index (χ1v) is 12.6. The van der Waals surface area contributed by atoms with Crippen LogP contribution < -0.4 is 10.6 Å². The Balaban J connectivity index is 1.68. The molecule has 0 bridgehead atoms. The largest absolute Gasteiger partial charge is 0.399 e. The van der Waals surface area contributed by atoms with E-state index >= 15 is 0 Å². The summed E-state index contributed by atoms with van der Waals surface area (Å²) in [6.07, 6.45) is 4.90. The Hall–Kier alpha value is -3.04. The van der Waals surface area contributed by atoms with Crippen molar-refractivity contribution in [2.24, 2.45) is 0 Å². The molecule has 0 unspecified atom stereocenters. The summed E-state index contributed by atoms with van der Waals surface area (Å²) in [5, 5.41) is 0. The van der Waals surface area contributed by atoms with Gasteiger partial charge in [-0.1, -0.05) is 0 Å². The fourth-order valence-corrected chi connectivity index (χ4v) is 6.68. The number of anilines is 2. The van der Waals surface area contributed by atoms with Crippen LogP contribution in [0, 0.1) is 0 Å². The normalized spacial score (nSPS) is 20.3. The number of benzene rings is 1. The van der Waals surface area contributed by atoms with Crippen LogP contribution in [0.5, 0.6) is 0 Å². The van der Waals surface area contributed by atoms with Crippen LogP contribution in [-0.2, 0) is 19.3 Å². The number of aromatic nitrogens is 3. The van der Waals surface area contributed by atoms with Crippen LogP contribution in [0.1, 0.15) is 31.9 Å². The fourth-order valence-electron chi connectivity index (χ4n) is 4.55. The van der Waals surface area contributed by atoms with Gasteiger partial charge < -0.3 is 15.4 Å². The van der Waals surface area contributed by atoms with Crippen molar-refractivity contribution in [3.63, 3.8) is 0 Å². The molecule has 1 aromatic carbocycles. The lowest BCUT2D eigenvalue weighted by Gasteiger charge is -2.41. The second-order valence-electron chi connectivity index (χ2n) is 8.71. The fraction of sp³-hybridized carbons (Fsp3) is 0.375. The summed E-state index contributed by atoms with van der Waals surface area (Å²) >= 11 is 0. The molecule has 3 heterocycles. The molecule has 0 spiro atoms. The van der Waals surface area contributed by atoms with Gasteiger partial charge in [0.25, 0.3) is 0 Å². The molecule has 2 N–H and O–H groups in total. The molecule has 0 radical (unpaired) electrons. The summed E-state index contributed by atoms with van der Waals surface area (Å²) in [6.45, 7) is 3.96. The molecule has 172 valence electrons. The van der Waals surface area contributed by atoms with E-state index < -0.39 is 14.6 Å². The molecular weight excluding hydrogens is 438 g/mol. The molecule has 8 nitrogen and oxygen atoms in total. The molecule has 5 rings (SSSR count). The van der Waals surface area contributed by atoms with Crippen LogP contribution in [0.2, 0.25) is 0 Å². The van der Waals surface area contributed by atoms with Crippen LogP contribution in [0.4, 0.5) is 11.5 Å². The molecule has 33 heavy (non-hydrogen) atoms. The van der Waals surface area contributed by atoms with E-state index in [9.17, 15) is 8.42 Å². The Bertz CT molecular complexity index is 1240. The third-order valence-corrected chi connectivity index (χ3v) is 9.18. The number of sulfone groups is 1. The van der Waals surface area contributed by atoms with Crippen molar-refractivity contribution in [3.8, 4) is 11.4 Å². The summed E-state index contributed by atoms with van der Waals surface area (Å²) in [5.41, 5.74) is 7.86. The van der Waals surface area contributed by atoms with Gasteiger partial charge in [0.1, 0.15) is 10.6 Å². The molecule has 1 aliphatic heterocycles. The molecule has 0 amide bonds. The number of hydrogen-bond donors (Lipinski definition) is 1. The minimum Gasteiger partial charge on any atom is -0.399 e. The number of pyridine rings is 1. The van der Waals surface area contributed by atoms with Crippen molar-refractivity contribution in [1.29, 1.82) is 0 Å². The number of nitrogen functional groups attached to an aromatic ring is 1. The highest BCUT2D eigenvalue weighted by Crippen LogP contribution is 2.50. The zero-order valence-corrected chi connectivity index (χ0v) is 19.3. The molecule has 1 saturated carbocycles. The molecule has 1 aliphatic carbocycles. The first-order valence-electron chi connectivity index (χ1n) is 11.2. The number of ether oxygens (including phenoxy) is 1. The predicted octanol–water partition coefficient (Wildman–Crippen LogP) is 3.20. The van der Waals surface area contributed by atoms with Gasteiger partial charge in [-0.25, -0.2) is 18.4 Å². The van der Waals surface area contributed by atoms with E-state index in [2.05, 4.69) is 16.8 Å². The Morgan fingerprint density at radius 1 is 1.09 bits per heavy atom. The quantitative estimate of drug-likeness (QED) is 0.572. The second kappa shape index (κ2) is 8.39. The molecular formula is C24H27N5O3S. The van der Waals surface area contributed by atoms with Crippen LogP contribution in [0.25, 0.3) is 11.4 Å². The summed E-state index contributed by atoms with van der Waals surface area (Å²) in [5.74, 6) is 1.22. The first kappa shape index (κ1) is 21.8.